The summed E-state index contributed by atoms with van der Waals surface area (Å²) in [4.78, 5) is 7.69. The van der Waals surface area contributed by atoms with Crippen LogP contribution in [-0.2, 0) is 10.0 Å². The summed E-state index contributed by atoms with van der Waals surface area (Å²) >= 11 is 6.46. The maximum absolute atomic E-state index is 12.3. The summed E-state index contributed by atoms with van der Waals surface area (Å²) in [6, 6.07) is 3.00. The maximum atomic E-state index is 12.3. The molecule has 0 amide bonds. The third-order valence-electron chi connectivity index (χ3n) is 2.42. The van der Waals surface area contributed by atoms with Gasteiger partial charge in [-0.1, -0.05) is 0 Å². The van der Waals surface area contributed by atoms with Gasteiger partial charge in [0.25, 0.3) is 10.0 Å². The van der Waals surface area contributed by atoms with Gasteiger partial charge in [-0.15, -0.1) is 0 Å². The Morgan fingerprint density at radius 3 is 2.55 bits per heavy atom. The van der Waals surface area contributed by atoms with Gasteiger partial charge < -0.3 is 5.73 Å². The molecule has 9 heteroatoms. The van der Waals surface area contributed by atoms with Gasteiger partial charge in [0.2, 0.25) is 0 Å². The number of nitrogens with two attached hydrogens (primary N) is 1. The molecular formula is C11H10Br2N4O2S. The third kappa shape index (κ3) is 3.28. The lowest BCUT2D eigenvalue weighted by Gasteiger charge is -2.10. The molecule has 0 fully saturated rings. The normalized spacial score (nSPS) is 11.3. The van der Waals surface area contributed by atoms with Crippen molar-refractivity contribution in [1.82, 2.24) is 9.97 Å². The van der Waals surface area contributed by atoms with E-state index in [0.717, 1.165) is 10.0 Å². The van der Waals surface area contributed by atoms with E-state index < -0.39 is 10.0 Å². The summed E-state index contributed by atoms with van der Waals surface area (Å²) in [5, 5.41) is 0. The SMILES string of the molecule is Cc1cc(NS(=O)(=O)c2cc(Br)cnc2N)ncc1Br. The summed E-state index contributed by atoms with van der Waals surface area (Å²) in [6.07, 6.45) is 2.95. The summed E-state index contributed by atoms with van der Waals surface area (Å²) in [5.41, 5.74) is 6.46. The number of nitrogen functional groups attached to an aromatic ring is 1. The van der Waals surface area contributed by atoms with Gasteiger partial charge in [0.05, 0.1) is 0 Å². The minimum absolute atomic E-state index is 0.0745. The Bertz CT molecular complexity index is 765. The molecule has 0 atom stereocenters. The Morgan fingerprint density at radius 2 is 1.90 bits per heavy atom. The van der Waals surface area contributed by atoms with Gasteiger partial charge in [-0.05, 0) is 56.5 Å². The molecule has 2 aromatic heterocycles. The number of rotatable bonds is 3. The Balaban J connectivity index is 2.40. The molecule has 0 aromatic carbocycles. The van der Waals surface area contributed by atoms with Crippen LogP contribution in [0.2, 0.25) is 0 Å². The van der Waals surface area contributed by atoms with Crippen molar-refractivity contribution in [1.29, 1.82) is 0 Å². The molecule has 106 valence electrons. The van der Waals surface area contributed by atoms with Crippen LogP contribution in [0.3, 0.4) is 0 Å². The highest BCUT2D eigenvalue weighted by molar-refractivity contribution is 9.10. The van der Waals surface area contributed by atoms with Crippen molar-refractivity contribution in [2.45, 2.75) is 11.8 Å². The number of pyridine rings is 2. The largest absolute Gasteiger partial charge is 0.383 e. The predicted molar refractivity (Wildman–Crippen MR) is 83.8 cm³/mol. The fraction of sp³-hybridized carbons (Fsp3) is 0.0909. The summed E-state index contributed by atoms with van der Waals surface area (Å²) < 4.78 is 28.2. The molecule has 2 aromatic rings. The maximum Gasteiger partial charge on any atom is 0.266 e. The fourth-order valence-corrected chi connectivity index (χ4v) is 3.24. The van der Waals surface area contributed by atoms with Crippen molar-refractivity contribution < 1.29 is 8.42 Å². The zero-order valence-corrected chi connectivity index (χ0v) is 14.3. The molecule has 6 nitrogen and oxygen atoms in total. The minimum Gasteiger partial charge on any atom is -0.383 e. The van der Waals surface area contributed by atoms with Crippen LogP contribution < -0.4 is 10.5 Å². The molecule has 0 aliphatic heterocycles. The highest BCUT2D eigenvalue weighted by atomic mass is 79.9. The van der Waals surface area contributed by atoms with Crippen molar-refractivity contribution in [3.05, 3.63) is 39.0 Å². The van der Waals surface area contributed by atoms with Crippen LogP contribution in [0.25, 0.3) is 0 Å². The van der Waals surface area contributed by atoms with E-state index in [2.05, 4.69) is 46.5 Å². The first-order valence-electron chi connectivity index (χ1n) is 5.35. The molecule has 0 bridgehead atoms. The average molecular weight is 422 g/mol. The van der Waals surface area contributed by atoms with Crippen LogP contribution in [0.5, 0.6) is 0 Å². The predicted octanol–water partition coefficient (Wildman–Crippen LogP) is 2.69. The summed E-state index contributed by atoms with van der Waals surface area (Å²) in [6.45, 7) is 1.83. The highest BCUT2D eigenvalue weighted by Crippen LogP contribution is 2.24. The van der Waals surface area contributed by atoms with E-state index in [1.165, 1.54) is 18.5 Å². The van der Waals surface area contributed by atoms with Crippen LogP contribution in [0, 0.1) is 6.92 Å². The first kappa shape index (κ1) is 15.2. The first-order valence-corrected chi connectivity index (χ1v) is 8.42. The first-order chi connectivity index (χ1) is 9.29. The molecule has 2 heterocycles. The van der Waals surface area contributed by atoms with Crippen molar-refractivity contribution in [2.75, 3.05) is 10.5 Å². The van der Waals surface area contributed by atoms with Gasteiger partial charge in [0.1, 0.15) is 16.5 Å². The molecule has 0 saturated carbocycles. The number of nitrogens with one attached hydrogen (secondary N) is 1. The van der Waals surface area contributed by atoms with E-state index in [-0.39, 0.29) is 16.5 Å². The van der Waals surface area contributed by atoms with Crippen LogP contribution in [0.15, 0.2) is 38.4 Å². The topological polar surface area (TPSA) is 98.0 Å². The Labute approximate surface area is 133 Å². The van der Waals surface area contributed by atoms with Gasteiger partial charge in [0.15, 0.2) is 0 Å². The standard InChI is InChI=1S/C11H10Br2N4O2S/c1-6-2-10(15-5-8(6)13)17-20(18,19)9-3-7(12)4-16-11(9)14/h2-5H,1H3,(H2,14,16)(H,15,17). The highest BCUT2D eigenvalue weighted by Gasteiger charge is 2.19. The Kier molecular flexibility index (Phi) is 4.31. The smallest absolute Gasteiger partial charge is 0.266 e. The van der Waals surface area contributed by atoms with Gasteiger partial charge in [0, 0.05) is 21.3 Å². The van der Waals surface area contributed by atoms with Gasteiger partial charge in [-0.3, -0.25) is 4.72 Å². The zero-order valence-electron chi connectivity index (χ0n) is 10.3. The molecule has 2 rings (SSSR count). The lowest BCUT2D eigenvalue weighted by Crippen LogP contribution is -2.16. The molecule has 0 aliphatic carbocycles. The molecule has 3 N–H and O–H groups in total. The average Bonchev–Trinajstić information content (AvgIpc) is 2.36. The Hall–Kier alpha value is -1.19. The number of hydrogen-bond acceptors (Lipinski definition) is 5. The summed E-state index contributed by atoms with van der Waals surface area (Å²) in [5.74, 6) is 0.139. The van der Waals surface area contributed by atoms with E-state index in [4.69, 9.17) is 5.73 Å². The number of nitrogens with zero attached hydrogens (tertiary/aromatic N) is 2. The molecule has 0 saturated heterocycles. The van der Waals surface area contributed by atoms with E-state index >= 15 is 0 Å². The second-order valence-corrected chi connectivity index (χ2v) is 7.38. The van der Waals surface area contributed by atoms with Crippen molar-refractivity contribution in [3.8, 4) is 0 Å². The monoisotopic (exact) mass is 420 g/mol. The Morgan fingerprint density at radius 1 is 1.20 bits per heavy atom. The van der Waals surface area contributed by atoms with E-state index in [9.17, 15) is 8.42 Å². The van der Waals surface area contributed by atoms with Gasteiger partial charge in [-0.2, -0.15) is 0 Å². The van der Waals surface area contributed by atoms with Gasteiger partial charge in [-0.25, -0.2) is 18.4 Å². The second kappa shape index (κ2) is 5.66. The fourth-order valence-electron chi connectivity index (χ4n) is 1.43. The lowest BCUT2D eigenvalue weighted by atomic mass is 10.3. The van der Waals surface area contributed by atoms with Crippen LogP contribution in [-0.4, -0.2) is 18.4 Å². The molecule has 0 radical (unpaired) electrons. The molecule has 20 heavy (non-hydrogen) atoms. The van der Waals surface area contributed by atoms with Crippen molar-refractivity contribution in [2.24, 2.45) is 0 Å². The van der Waals surface area contributed by atoms with Crippen LogP contribution in [0.1, 0.15) is 5.56 Å². The molecule has 0 aliphatic rings. The lowest BCUT2D eigenvalue weighted by molar-refractivity contribution is 0.601. The number of hydrogen-bond donors (Lipinski definition) is 2. The summed E-state index contributed by atoms with van der Waals surface area (Å²) in [7, 11) is -3.84. The molecule has 0 unspecified atom stereocenters. The molecule has 0 spiro atoms. The third-order valence-corrected chi connectivity index (χ3v) is 5.07. The minimum atomic E-state index is -3.84. The van der Waals surface area contributed by atoms with Crippen molar-refractivity contribution in [3.63, 3.8) is 0 Å². The number of sulfonamides is 1. The number of aromatic nitrogens is 2. The number of anilines is 2. The quantitative estimate of drug-likeness (QED) is 0.793. The zero-order chi connectivity index (χ0) is 14.9. The van der Waals surface area contributed by atoms with E-state index in [0.29, 0.717) is 4.47 Å². The van der Waals surface area contributed by atoms with E-state index in [1.807, 2.05) is 6.92 Å². The number of aryl methyl sites for hydroxylation is 1. The van der Waals surface area contributed by atoms with E-state index in [1.54, 1.807) is 6.07 Å². The second-order valence-electron chi connectivity index (χ2n) is 3.96. The van der Waals surface area contributed by atoms with Crippen LogP contribution >= 0.6 is 31.9 Å². The number of halogens is 2. The molecular weight excluding hydrogens is 412 g/mol. The van der Waals surface area contributed by atoms with Crippen LogP contribution in [0.4, 0.5) is 11.6 Å². The van der Waals surface area contributed by atoms with Crippen molar-refractivity contribution >= 4 is 53.5 Å². The van der Waals surface area contributed by atoms with Gasteiger partial charge >= 0.3 is 0 Å².